The van der Waals surface area contributed by atoms with Crippen molar-refractivity contribution in [3.8, 4) is 0 Å². The average Bonchev–Trinajstić information content (AvgIpc) is 2.82. The molecule has 110 valence electrons. The molecule has 0 saturated heterocycles. The van der Waals surface area contributed by atoms with E-state index in [1.807, 2.05) is 0 Å². The minimum atomic E-state index is 0.354. The van der Waals surface area contributed by atoms with E-state index in [9.17, 15) is 0 Å². The summed E-state index contributed by atoms with van der Waals surface area (Å²) in [6.45, 7) is 10.7. The van der Waals surface area contributed by atoms with E-state index in [2.05, 4.69) is 49.9 Å². The molecule has 2 heteroatoms. The van der Waals surface area contributed by atoms with Crippen LogP contribution in [0.2, 0.25) is 0 Å². The number of benzene rings is 1. The van der Waals surface area contributed by atoms with Crippen LogP contribution in [0.4, 0.5) is 0 Å². The van der Waals surface area contributed by atoms with Gasteiger partial charge in [-0.1, -0.05) is 45.0 Å². The number of fused-ring (bicyclic) bond motifs is 1. The Kier molecular flexibility index (Phi) is 3.64. The summed E-state index contributed by atoms with van der Waals surface area (Å²) >= 11 is 0. The number of rotatable bonds is 2. The van der Waals surface area contributed by atoms with Gasteiger partial charge in [-0.05, 0) is 41.2 Å². The molecule has 2 N–H and O–H groups in total. The van der Waals surface area contributed by atoms with Crippen molar-refractivity contribution >= 4 is 0 Å². The van der Waals surface area contributed by atoms with E-state index in [1.165, 1.54) is 30.5 Å². The zero-order chi connectivity index (χ0) is 14.3. The van der Waals surface area contributed by atoms with E-state index in [-0.39, 0.29) is 0 Å². The Morgan fingerprint density at radius 3 is 2.35 bits per heavy atom. The molecule has 0 bridgehead atoms. The Labute approximate surface area is 123 Å². The highest BCUT2D eigenvalue weighted by Crippen LogP contribution is 2.45. The maximum absolute atomic E-state index is 6.28. The molecule has 1 aromatic carbocycles. The summed E-state index contributed by atoms with van der Waals surface area (Å²) in [5, 5.41) is 0. The van der Waals surface area contributed by atoms with Gasteiger partial charge < -0.3 is 5.73 Å². The minimum absolute atomic E-state index is 0.354. The van der Waals surface area contributed by atoms with E-state index in [1.54, 1.807) is 0 Å². The fourth-order valence-corrected chi connectivity index (χ4v) is 4.11. The van der Waals surface area contributed by atoms with Gasteiger partial charge in [-0.15, -0.1) is 0 Å². The van der Waals surface area contributed by atoms with Crippen LogP contribution in [0.25, 0.3) is 0 Å². The van der Waals surface area contributed by atoms with Gasteiger partial charge in [0.2, 0.25) is 0 Å². The normalized spacial score (nSPS) is 33.1. The van der Waals surface area contributed by atoms with Crippen molar-refractivity contribution in [3.63, 3.8) is 0 Å². The fraction of sp³-hybridized carbons (Fsp3) is 0.667. The SMILES string of the molecule is CC1C(N)CCC(CN2Cc3ccccc3C2)C1(C)C. The van der Waals surface area contributed by atoms with Gasteiger partial charge in [0.1, 0.15) is 0 Å². The average molecular weight is 272 g/mol. The molecule has 0 radical (unpaired) electrons. The molecule has 0 aromatic heterocycles. The lowest BCUT2D eigenvalue weighted by Crippen LogP contribution is -2.49. The Hall–Kier alpha value is -0.860. The standard InChI is InChI=1S/C18H28N2/c1-13-17(19)9-8-16(18(13,2)3)12-20-10-14-6-4-5-7-15(14)11-20/h4-7,13,16-17H,8-12,19H2,1-3H3. The highest BCUT2D eigenvalue weighted by molar-refractivity contribution is 5.30. The number of nitrogens with two attached hydrogens (primary N) is 1. The van der Waals surface area contributed by atoms with Gasteiger partial charge in [0.25, 0.3) is 0 Å². The molecule has 3 rings (SSSR count). The maximum atomic E-state index is 6.28. The third-order valence-corrected chi connectivity index (χ3v) is 6.10. The number of hydrogen-bond acceptors (Lipinski definition) is 2. The summed E-state index contributed by atoms with van der Waals surface area (Å²) in [4.78, 5) is 2.63. The topological polar surface area (TPSA) is 29.3 Å². The molecular weight excluding hydrogens is 244 g/mol. The quantitative estimate of drug-likeness (QED) is 0.894. The Morgan fingerprint density at radius 1 is 1.15 bits per heavy atom. The molecule has 1 fully saturated rings. The van der Waals surface area contributed by atoms with Gasteiger partial charge in [-0.25, -0.2) is 0 Å². The molecule has 2 nitrogen and oxygen atoms in total. The number of hydrogen-bond donors (Lipinski definition) is 1. The van der Waals surface area contributed by atoms with E-state index < -0.39 is 0 Å². The van der Waals surface area contributed by atoms with Crippen molar-refractivity contribution in [2.45, 2.75) is 52.7 Å². The molecule has 0 amide bonds. The Balaban J connectivity index is 1.68. The summed E-state index contributed by atoms with van der Waals surface area (Å²) in [5.74, 6) is 1.39. The first-order chi connectivity index (χ1) is 9.48. The molecule has 0 spiro atoms. The molecule has 2 aliphatic rings. The monoisotopic (exact) mass is 272 g/mol. The van der Waals surface area contributed by atoms with Gasteiger partial charge >= 0.3 is 0 Å². The largest absolute Gasteiger partial charge is 0.327 e. The van der Waals surface area contributed by atoms with Crippen molar-refractivity contribution < 1.29 is 0 Å². The van der Waals surface area contributed by atoms with Gasteiger partial charge in [-0.3, -0.25) is 4.90 Å². The van der Waals surface area contributed by atoms with E-state index in [4.69, 9.17) is 5.73 Å². The first kappa shape index (κ1) is 14.1. The minimum Gasteiger partial charge on any atom is -0.327 e. The highest BCUT2D eigenvalue weighted by Gasteiger charge is 2.42. The molecule has 3 atom stereocenters. The number of nitrogens with zero attached hydrogens (tertiary/aromatic N) is 1. The van der Waals surface area contributed by atoms with Crippen LogP contribution in [-0.4, -0.2) is 17.5 Å². The molecular formula is C18H28N2. The van der Waals surface area contributed by atoms with Crippen molar-refractivity contribution in [1.82, 2.24) is 4.90 Å². The van der Waals surface area contributed by atoms with E-state index >= 15 is 0 Å². The van der Waals surface area contributed by atoms with Crippen LogP contribution in [0.3, 0.4) is 0 Å². The smallest absolute Gasteiger partial charge is 0.0240 e. The summed E-state index contributed by atoms with van der Waals surface area (Å²) in [6, 6.07) is 9.26. The van der Waals surface area contributed by atoms with Crippen LogP contribution in [0.5, 0.6) is 0 Å². The van der Waals surface area contributed by atoms with Gasteiger partial charge in [0.15, 0.2) is 0 Å². The van der Waals surface area contributed by atoms with Crippen LogP contribution < -0.4 is 5.73 Å². The van der Waals surface area contributed by atoms with Crippen molar-refractivity contribution in [1.29, 1.82) is 0 Å². The van der Waals surface area contributed by atoms with Crippen molar-refractivity contribution in [2.75, 3.05) is 6.54 Å². The second kappa shape index (κ2) is 5.16. The lowest BCUT2D eigenvalue weighted by molar-refractivity contribution is 0.0277. The van der Waals surface area contributed by atoms with Crippen molar-refractivity contribution in [2.24, 2.45) is 23.0 Å². The molecule has 1 aromatic rings. The predicted molar refractivity (Wildman–Crippen MR) is 84.2 cm³/mol. The molecule has 1 aliphatic heterocycles. The molecule has 20 heavy (non-hydrogen) atoms. The summed E-state index contributed by atoms with van der Waals surface area (Å²) in [7, 11) is 0. The molecule has 3 unspecified atom stereocenters. The van der Waals surface area contributed by atoms with Gasteiger partial charge in [0, 0.05) is 25.7 Å². The van der Waals surface area contributed by atoms with Crippen LogP contribution in [0.1, 0.15) is 44.7 Å². The molecule has 1 aliphatic carbocycles. The van der Waals surface area contributed by atoms with Gasteiger partial charge in [0.05, 0.1) is 0 Å². The zero-order valence-electron chi connectivity index (χ0n) is 13.1. The lowest BCUT2D eigenvalue weighted by Gasteiger charge is -2.48. The predicted octanol–water partition coefficient (Wildman–Crippen LogP) is 3.40. The van der Waals surface area contributed by atoms with E-state index in [0.717, 1.165) is 19.0 Å². The lowest BCUT2D eigenvalue weighted by atomic mass is 9.61. The summed E-state index contributed by atoms with van der Waals surface area (Å²) in [5.41, 5.74) is 9.67. The second-order valence-corrected chi connectivity index (χ2v) is 7.49. The van der Waals surface area contributed by atoms with Crippen molar-refractivity contribution in [3.05, 3.63) is 35.4 Å². The highest BCUT2D eigenvalue weighted by atomic mass is 15.1. The first-order valence-electron chi connectivity index (χ1n) is 8.03. The van der Waals surface area contributed by atoms with Crippen LogP contribution >= 0.6 is 0 Å². The second-order valence-electron chi connectivity index (χ2n) is 7.49. The van der Waals surface area contributed by atoms with Crippen LogP contribution in [0, 0.1) is 17.3 Å². The molecule has 1 saturated carbocycles. The zero-order valence-corrected chi connectivity index (χ0v) is 13.1. The van der Waals surface area contributed by atoms with Crippen LogP contribution in [-0.2, 0) is 13.1 Å². The first-order valence-corrected chi connectivity index (χ1v) is 8.03. The fourth-order valence-electron chi connectivity index (χ4n) is 4.11. The van der Waals surface area contributed by atoms with E-state index in [0.29, 0.717) is 17.4 Å². The van der Waals surface area contributed by atoms with Crippen LogP contribution in [0.15, 0.2) is 24.3 Å². The molecule has 1 heterocycles. The third-order valence-electron chi connectivity index (χ3n) is 6.10. The summed E-state index contributed by atoms with van der Waals surface area (Å²) in [6.07, 6.45) is 2.47. The maximum Gasteiger partial charge on any atom is 0.0240 e. The summed E-state index contributed by atoms with van der Waals surface area (Å²) < 4.78 is 0. The van der Waals surface area contributed by atoms with Gasteiger partial charge in [-0.2, -0.15) is 0 Å². The Morgan fingerprint density at radius 2 is 1.75 bits per heavy atom. The Bertz CT molecular complexity index is 455. The third kappa shape index (κ3) is 2.40.